The minimum atomic E-state index is -0.225. The van der Waals surface area contributed by atoms with Crippen molar-refractivity contribution < 1.29 is 4.79 Å². The molecule has 2 aromatic rings. The van der Waals surface area contributed by atoms with E-state index in [1.165, 1.54) is 4.68 Å². The SMILES string of the molecule is CCc1nn(CC=O)c(=O)c2ccc(Br)cc12. The van der Waals surface area contributed by atoms with Gasteiger partial charge in [-0.15, -0.1) is 0 Å². The van der Waals surface area contributed by atoms with Crippen LogP contribution in [0.1, 0.15) is 12.6 Å². The van der Waals surface area contributed by atoms with Crippen LogP contribution in [0, 0.1) is 0 Å². The van der Waals surface area contributed by atoms with E-state index in [0.29, 0.717) is 18.1 Å². The number of hydrogen-bond donors (Lipinski definition) is 0. The summed E-state index contributed by atoms with van der Waals surface area (Å²) in [6, 6.07) is 5.45. The van der Waals surface area contributed by atoms with E-state index in [2.05, 4.69) is 21.0 Å². The third kappa shape index (κ3) is 2.15. The van der Waals surface area contributed by atoms with Gasteiger partial charge < -0.3 is 4.79 Å². The number of rotatable bonds is 3. The minimum Gasteiger partial charge on any atom is -0.301 e. The first-order chi connectivity index (χ1) is 8.17. The number of carbonyl (C=O) groups excluding carboxylic acids is 1. The summed E-state index contributed by atoms with van der Waals surface area (Å²) in [4.78, 5) is 22.5. The van der Waals surface area contributed by atoms with Gasteiger partial charge in [-0.3, -0.25) is 4.79 Å². The Bertz CT molecular complexity index is 634. The summed E-state index contributed by atoms with van der Waals surface area (Å²) >= 11 is 3.38. The molecule has 0 N–H and O–H groups in total. The summed E-state index contributed by atoms with van der Waals surface area (Å²) < 4.78 is 2.12. The van der Waals surface area contributed by atoms with E-state index in [1.54, 1.807) is 6.07 Å². The van der Waals surface area contributed by atoms with Crippen LogP contribution >= 0.6 is 15.9 Å². The molecule has 0 fully saturated rings. The number of fused-ring (bicyclic) bond motifs is 1. The van der Waals surface area contributed by atoms with Crippen LogP contribution in [0.5, 0.6) is 0 Å². The maximum atomic E-state index is 12.0. The second-order valence-electron chi connectivity index (χ2n) is 3.64. The summed E-state index contributed by atoms with van der Waals surface area (Å²) in [6.07, 6.45) is 1.39. The molecule has 17 heavy (non-hydrogen) atoms. The average molecular weight is 295 g/mol. The van der Waals surface area contributed by atoms with E-state index in [0.717, 1.165) is 15.6 Å². The smallest absolute Gasteiger partial charge is 0.275 e. The van der Waals surface area contributed by atoms with Crippen molar-refractivity contribution in [3.8, 4) is 0 Å². The van der Waals surface area contributed by atoms with Gasteiger partial charge in [-0.05, 0) is 24.6 Å². The predicted molar refractivity (Wildman–Crippen MR) is 69.1 cm³/mol. The number of hydrogen-bond acceptors (Lipinski definition) is 3. The maximum Gasteiger partial charge on any atom is 0.275 e. The normalized spacial score (nSPS) is 10.7. The molecule has 0 spiro atoms. The lowest BCUT2D eigenvalue weighted by Crippen LogP contribution is -2.25. The average Bonchev–Trinajstić information content (AvgIpc) is 2.33. The Morgan fingerprint density at radius 1 is 1.41 bits per heavy atom. The van der Waals surface area contributed by atoms with Crippen LogP contribution in [0.4, 0.5) is 0 Å². The molecule has 0 aliphatic rings. The van der Waals surface area contributed by atoms with Crippen molar-refractivity contribution in [1.82, 2.24) is 9.78 Å². The highest BCUT2D eigenvalue weighted by Gasteiger charge is 2.09. The lowest BCUT2D eigenvalue weighted by molar-refractivity contribution is -0.108. The van der Waals surface area contributed by atoms with Crippen LogP contribution in [0.2, 0.25) is 0 Å². The molecule has 0 radical (unpaired) electrons. The van der Waals surface area contributed by atoms with Crippen LogP contribution in [0.3, 0.4) is 0 Å². The number of aldehydes is 1. The highest BCUT2D eigenvalue weighted by atomic mass is 79.9. The van der Waals surface area contributed by atoms with Crippen LogP contribution in [0.15, 0.2) is 27.5 Å². The van der Waals surface area contributed by atoms with E-state index in [4.69, 9.17) is 0 Å². The summed E-state index contributed by atoms with van der Waals surface area (Å²) in [7, 11) is 0. The Balaban J connectivity index is 2.84. The molecule has 0 unspecified atom stereocenters. The van der Waals surface area contributed by atoms with Crippen molar-refractivity contribution in [2.75, 3.05) is 0 Å². The molecule has 0 aliphatic heterocycles. The summed E-state index contributed by atoms with van der Waals surface area (Å²) in [5, 5.41) is 5.64. The number of aryl methyl sites for hydroxylation is 1. The first kappa shape index (κ1) is 12.0. The van der Waals surface area contributed by atoms with Gasteiger partial charge in [0, 0.05) is 9.86 Å². The predicted octanol–water partition coefficient (Wildman–Crippen LogP) is 1.92. The van der Waals surface area contributed by atoms with E-state index in [-0.39, 0.29) is 12.1 Å². The molecule has 88 valence electrons. The Kier molecular flexibility index (Phi) is 3.38. The number of nitrogens with zero attached hydrogens (tertiary/aromatic N) is 2. The molecule has 4 nitrogen and oxygen atoms in total. The summed E-state index contributed by atoms with van der Waals surface area (Å²) in [5.74, 6) is 0. The van der Waals surface area contributed by atoms with Crippen LogP contribution in [-0.2, 0) is 17.8 Å². The fourth-order valence-electron chi connectivity index (χ4n) is 1.78. The molecule has 0 amide bonds. The zero-order valence-electron chi connectivity index (χ0n) is 9.31. The Hall–Kier alpha value is -1.49. The molecule has 1 aromatic carbocycles. The maximum absolute atomic E-state index is 12.0. The zero-order chi connectivity index (χ0) is 12.4. The lowest BCUT2D eigenvalue weighted by atomic mass is 10.1. The van der Waals surface area contributed by atoms with E-state index < -0.39 is 0 Å². The van der Waals surface area contributed by atoms with Crippen LogP contribution in [0.25, 0.3) is 10.8 Å². The van der Waals surface area contributed by atoms with Crippen molar-refractivity contribution in [3.05, 3.63) is 38.7 Å². The van der Waals surface area contributed by atoms with Gasteiger partial charge in [0.05, 0.1) is 11.1 Å². The molecular formula is C12H11BrN2O2. The molecule has 2 rings (SSSR count). The van der Waals surface area contributed by atoms with E-state index in [9.17, 15) is 9.59 Å². The van der Waals surface area contributed by atoms with E-state index >= 15 is 0 Å². The zero-order valence-corrected chi connectivity index (χ0v) is 10.9. The van der Waals surface area contributed by atoms with Gasteiger partial charge in [-0.1, -0.05) is 22.9 Å². The van der Waals surface area contributed by atoms with Crippen LogP contribution in [-0.4, -0.2) is 16.1 Å². The van der Waals surface area contributed by atoms with Crippen molar-refractivity contribution in [2.45, 2.75) is 19.9 Å². The topological polar surface area (TPSA) is 52.0 Å². The van der Waals surface area contributed by atoms with Gasteiger partial charge in [0.1, 0.15) is 12.8 Å². The monoisotopic (exact) mass is 294 g/mol. The molecule has 1 heterocycles. The molecule has 5 heteroatoms. The third-order valence-electron chi connectivity index (χ3n) is 2.58. The van der Waals surface area contributed by atoms with Crippen LogP contribution < -0.4 is 5.56 Å². The molecule has 1 aromatic heterocycles. The number of halogens is 1. The largest absolute Gasteiger partial charge is 0.301 e. The van der Waals surface area contributed by atoms with Gasteiger partial charge in [0.15, 0.2) is 0 Å². The standard InChI is InChI=1S/C12H11BrN2O2/c1-2-11-10-7-8(13)3-4-9(10)12(17)15(14-11)5-6-16/h3-4,6-7H,2,5H2,1H3. The van der Waals surface area contributed by atoms with Gasteiger partial charge >= 0.3 is 0 Å². The fourth-order valence-corrected chi connectivity index (χ4v) is 2.14. The van der Waals surface area contributed by atoms with Crippen molar-refractivity contribution in [1.29, 1.82) is 0 Å². The first-order valence-corrected chi connectivity index (χ1v) is 6.09. The molecule has 0 bridgehead atoms. The fraction of sp³-hybridized carbons (Fsp3) is 0.250. The quantitative estimate of drug-likeness (QED) is 0.813. The Morgan fingerprint density at radius 3 is 2.82 bits per heavy atom. The summed E-state index contributed by atoms with van der Waals surface area (Å²) in [5.41, 5.74) is 0.597. The highest BCUT2D eigenvalue weighted by Crippen LogP contribution is 2.19. The van der Waals surface area contributed by atoms with Gasteiger partial charge in [0.2, 0.25) is 0 Å². The van der Waals surface area contributed by atoms with Crippen molar-refractivity contribution in [2.24, 2.45) is 0 Å². The number of carbonyl (C=O) groups is 1. The van der Waals surface area contributed by atoms with Crippen molar-refractivity contribution in [3.63, 3.8) is 0 Å². The molecule has 0 atom stereocenters. The lowest BCUT2D eigenvalue weighted by Gasteiger charge is -2.07. The highest BCUT2D eigenvalue weighted by molar-refractivity contribution is 9.10. The van der Waals surface area contributed by atoms with Crippen molar-refractivity contribution >= 4 is 33.0 Å². The number of aromatic nitrogens is 2. The van der Waals surface area contributed by atoms with Gasteiger partial charge in [-0.2, -0.15) is 5.10 Å². The minimum absolute atomic E-state index is 0.00215. The first-order valence-electron chi connectivity index (χ1n) is 5.30. The van der Waals surface area contributed by atoms with Gasteiger partial charge in [-0.25, -0.2) is 4.68 Å². The Labute approximate surface area is 106 Å². The van der Waals surface area contributed by atoms with E-state index in [1.807, 2.05) is 19.1 Å². The number of benzene rings is 1. The molecular weight excluding hydrogens is 284 g/mol. The molecule has 0 aliphatic carbocycles. The molecule has 0 saturated carbocycles. The summed E-state index contributed by atoms with van der Waals surface area (Å²) in [6.45, 7) is 1.97. The second-order valence-corrected chi connectivity index (χ2v) is 4.56. The second kappa shape index (κ2) is 4.79. The molecule has 0 saturated heterocycles. The third-order valence-corrected chi connectivity index (χ3v) is 3.07. The van der Waals surface area contributed by atoms with Gasteiger partial charge in [0.25, 0.3) is 5.56 Å². The Morgan fingerprint density at radius 2 is 2.18 bits per heavy atom.